The summed E-state index contributed by atoms with van der Waals surface area (Å²) < 4.78 is 22.3. The van der Waals surface area contributed by atoms with Crippen molar-refractivity contribution in [1.82, 2.24) is 0 Å². The summed E-state index contributed by atoms with van der Waals surface area (Å²) in [7, 11) is 2.97. The van der Waals surface area contributed by atoms with E-state index < -0.39 is 6.67 Å². The summed E-state index contributed by atoms with van der Waals surface area (Å²) >= 11 is 0. The summed E-state index contributed by atoms with van der Waals surface area (Å²) in [5.74, 6) is 0.898. The highest BCUT2D eigenvalue weighted by Gasteiger charge is 2.09. The number of rotatable bonds is 3. The van der Waals surface area contributed by atoms with E-state index >= 15 is 0 Å². The average molecular weight is 185 g/mol. The standard InChI is InChI=1S/C9H12FNO2/c1-12-8-4-6(5-10)3-7(11)9(8)13-2/h3-4H,5,11H2,1-2H3. The Morgan fingerprint density at radius 1 is 1.31 bits per heavy atom. The molecule has 0 saturated carbocycles. The summed E-state index contributed by atoms with van der Waals surface area (Å²) in [5, 5.41) is 0. The van der Waals surface area contributed by atoms with Gasteiger partial charge in [-0.25, -0.2) is 4.39 Å². The molecule has 1 rings (SSSR count). The molecule has 4 heteroatoms. The van der Waals surface area contributed by atoms with Crippen molar-refractivity contribution in [2.75, 3.05) is 20.0 Å². The molecule has 0 aliphatic heterocycles. The molecule has 0 fully saturated rings. The monoisotopic (exact) mass is 185 g/mol. The van der Waals surface area contributed by atoms with Gasteiger partial charge in [0.15, 0.2) is 11.5 Å². The second-order valence-electron chi connectivity index (χ2n) is 2.55. The van der Waals surface area contributed by atoms with Crippen LogP contribution >= 0.6 is 0 Å². The van der Waals surface area contributed by atoms with E-state index in [9.17, 15) is 4.39 Å². The van der Waals surface area contributed by atoms with Gasteiger partial charge in [-0.1, -0.05) is 0 Å². The van der Waals surface area contributed by atoms with Gasteiger partial charge in [-0.05, 0) is 17.7 Å². The van der Waals surface area contributed by atoms with Crippen LogP contribution < -0.4 is 15.2 Å². The van der Waals surface area contributed by atoms with Gasteiger partial charge in [0.05, 0.1) is 19.9 Å². The Kier molecular flexibility index (Phi) is 2.95. The number of nitrogen functional groups attached to an aromatic ring is 1. The molecule has 0 heterocycles. The van der Waals surface area contributed by atoms with Crippen molar-refractivity contribution < 1.29 is 13.9 Å². The molecule has 1 aromatic carbocycles. The van der Waals surface area contributed by atoms with E-state index in [-0.39, 0.29) is 0 Å². The highest BCUT2D eigenvalue weighted by Crippen LogP contribution is 2.34. The summed E-state index contributed by atoms with van der Waals surface area (Å²) in [6.45, 7) is -0.565. The molecule has 3 nitrogen and oxygen atoms in total. The van der Waals surface area contributed by atoms with Crippen LogP contribution in [0, 0.1) is 0 Å². The highest BCUT2D eigenvalue weighted by atomic mass is 19.1. The van der Waals surface area contributed by atoms with Crippen molar-refractivity contribution in [3.05, 3.63) is 17.7 Å². The lowest BCUT2D eigenvalue weighted by Crippen LogP contribution is -1.97. The van der Waals surface area contributed by atoms with Gasteiger partial charge in [0.2, 0.25) is 0 Å². The lowest BCUT2D eigenvalue weighted by Gasteiger charge is -2.10. The van der Waals surface area contributed by atoms with E-state index in [0.717, 1.165) is 0 Å². The van der Waals surface area contributed by atoms with Crippen LogP contribution in [0.4, 0.5) is 10.1 Å². The third-order valence-corrected chi connectivity index (χ3v) is 1.72. The fourth-order valence-corrected chi connectivity index (χ4v) is 1.13. The summed E-state index contributed by atoms with van der Waals surface area (Å²) in [6.07, 6.45) is 0. The number of halogens is 1. The van der Waals surface area contributed by atoms with Crippen LogP contribution in [0.3, 0.4) is 0 Å². The minimum atomic E-state index is -0.565. The maximum atomic E-state index is 12.3. The largest absolute Gasteiger partial charge is 0.493 e. The third kappa shape index (κ3) is 1.83. The van der Waals surface area contributed by atoms with Crippen LogP contribution in [-0.2, 0) is 6.67 Å². The predicted molar refractivity (Wildman–Crippen MR) is 48.8 cm³/mol. The van der Waals surface area contributed by atoms with Gasteiger partial charge >= 0.3 is 0 Å². The Bertz CT molecular complexity index is 302. The molecule has 0 aliphatic carbocycles. The molecular formula is C9H12FNO2. The van der Waals surface area contributed by atoms with Crippen LogP contribution in [-0.4, -0.2) is 14.2 Å². The van der Waals surface area contributed by atoms with E-state index in [1.54, 1.807) is 6.07 Å². The Morgan fingerprint density at radius 3 is 2.46 bits per heavy atom. The fourth-order valence-electron chi connectivity index (χ4n) is 1.13. The lowest BCUT2D eigenvalue weighted by atomic mass is 10.2. The molecule has 0 aliphatic rings. The van der Waals surface area contributed by atoms with Crippen LogP contribution in [0.25, 0.3) is 0 Å². The van der Waals surface area contributed by atoms with E-state index in [2.05, 4.69) is 0 Å². The normalized spacial score (nSPS) is 9.77. The highest BCUT2D eigenvalue weighted by molar-refractivity contribution is 5.62. The number of hydrogen-bond donors (Lipinski definition) is 1. The van der Waals surface area contributed by atoms with Crippen LogP contribution in [0.1, 0.15) is 5.56 Å². The van der Waals surface area contributed by atoms with Gasteiger partial charge in [0.1, 0.15) is 6.67 Å². The zero-order valence-corrected chi connectivity index (χ0v) is 7.63. The summed E-state index contributed by atoms with van der Waals surface area (Å²) in [5.41, 5.74) is 6.48. The van der Waals surface area contributed by atoms with Gasteiger partial charge in [-0.3, -0.25) is 0 Å². The van der Waals surface area contributed by atoms with Crippen LogP contribution in [0.15, 0.2) is 12.1 Å². The number of methoxy groups -OCH3 is 2. The molecule has 0 unspecified atom stereocenters. The fraction of sp³-hybridized carbons (Fsp3) is 0.333. The van der Waals surface area contributed by atoms with Crippen molar-refractivity contribution in [2.45, 2.75) is 6.67 Å². The average Bonchev–Trinajstić information content (AvgIpc) is 2.16. The first-order chi connectivity index (χ1) is 6.22. The summed E-state index contributed by atoms with van der Waals surface area (Å²) in [4.78, 5) is 0. The quantitative estimate of drug-likeness (QED) is 0.729. The second kappa shape index (κ2) is 3.98. The van der Waals surface area contributed by atoms with Gasteiger partial charge < -0.3 is 15.2 Å². The number of ether oxygens (including phenoxy) is 2. The maximum absolute atomic E-state index is 12.3. The lowest BCUT2D eigenvalue weighted by molar-refractivity contribution is 0.355. The smallest absolute Gasteiger partial charge is 0.183 e. The van der Waals surface area contributed by atoms with Crippen LogP contribution in [0.5, 0.6) is 11.5 Å². The molecule has 0 aromatic heterocycles. The van der Waals surface area contributed by atoms with Gasteiger partial charge in [-0.2, -0.15) is 0 Å². The predicted octanol–water partition coefficient (Wildman–Crippen LogP) is 1.76. The first-order valence-corrected chi connectivity index (χ1v) is 3.79. The molecule has 0 radical (unpaired) electrons. The van der Waals surface area contributed by atoms with Crippen molar-refractivity contribution in [3.63, 3.8) is 0 Å². The van der Waals surface area contributed by atoms with Crippen molar-refractivity contribution in [3.8, 4) is 11.5 Å². The SMILES string of the molecule is COc1cc(CF)cc(N)c1OC. The zero-order chi connectivity index (χ0) is 9.84. The molecule has 1 aromatic rings. The van der Waals surface area contributed by atoms with Crippen LogP contribution in [0.2, 0.25) is 0 Å². The van der Waals surface area contributed by atoms with Gasteiger partial charge in [0.25, 0.3) is 0 Å². The molecule has 0 atom stereocenters. The van der Waals surface area contributed by atoms with Gasteiger partial charge in [-0.15, -0.1) is 0 Å². The first-order valence-electron chi connectivity index (χ1n) is 3.79. The first kappa shape index (κ1) is 9.64. The molecule has 72 valence electrons. The topological polar surface area (TPSA) is 44.5 Å². The molecule has 2 N–H and O–H groups in total. The van der Waals surface area contributed by atoms with Crippen molar-refractivity contribution in [2.24, 2.45) is 0 Å². The Balaban J connectivity index is 3.20. The maximum Gasteiger partial charge on any atom is 0.183 e. The van der Waals surface area contributed by atoms with E-state index in [1.807, 2.05) is 0 Å². The van der Waals surface area contributed by atoms with Crippen molar-refractivity contribution in [1.29, 1.82) is 0 Å². The van der Waals surface area contributed by atoms with E-state index in [1.165, 1.54) is 20.3 Å². The number of nitrogens with two attached hydrogens (primary N) is 1. The van der Waals surface area contributed by atoms with E-state index in [0.29, 0.717) is 22.7 Å². The van der Waals surface area contributed by atoms with Gasteiger partial charge in [0, 0.05) is 0 Å². The van der Waals surface area contributed by atoms with E-state index in [4.69, 9.17) is 15.2 Å². The Morgan fingerprint density at radius 2 is 2.00 bits per heavy atom. The molecule has 0 bridgehead atoms. The Hall–Kier alpha value is -1.45. The Labute approximate surface area is 76.3 Å². The molecule has 0 amide bonds. The second-order valence-corrected chi connectivity index (χ2v) is 2.55. The minimum absolute atomic E-state index is 0.384. The number of alkyl halides is 1. The molecule has 13 heavy (non-hydrogen) atoms. The molecule has 0 saturated heterocycles. The number of benzene rings is 1. The third-order valence-electron chi connectivity index (χ3n) is 1.72. The minimum Gasteiger partial charge on any atom is -0.493 e. The molecular weight excluding hydrogens is 173 g/mol. The number of anilines is 1. The summed E-state index contributed by atoms with van der Waals surface area (Å²) in [6, 6.07) is 3.09. The van der Waals surface area contributed by atoms with Crippen molar-refractivity contribution >= 4 is 5.69 Å². The molecule has 0 spiro atoms. The number of hydrogen-bond acceptors (Lipinski definition) is 3. The zero-order valence-electron chi connectivity index (χ0n) is 7.63.